The smallest absolute Gasteiger partial charge is 0.0346 e. The molecule has 17 heavy (non-hydrogen) atoms. The van der Waals surface area contributed by atoms with Crippen LogP contribution in [0.2, 0.25) is 0 Å². The van der Waals surface area contributed by atoms with Crippen LogP contribution in [0.15, 0.2) is 60.9 Å². The molecule has 2 aromatic carbocycles. The van der Waals surface area contributed by atoms with E-state index in [0.717, 1.165) is 0 Å². The zero-order valence-electron chi connectivity index (χ0n) is 9.72. The number of hydrogen-bond donors (Lipinski definition) is 0. The summed E-state index contributed by atoms with van der Waals surface area (Å²) in [5.41, 5.74) is 3.62. The molecular weight excluding hydrogens is 206 g/mol. The molecular formula is C16H13N. The van der Waals surface area contributed by atoms with Gasteiger partial charge in [0.05, 0.1) is 0 Å². The van der Waals surface area contributed by atoms with E-state index < -0.39 is 0 Å². The van der Waals surface area contributed by atoms with Gasteiger partial charge in [-0.3, -0.25) is 4.98 Å². The largest absolute Gasteiger partial charge is 0.264 e. The van der Waals surface area contributed by atoms with E-state index in [2.05, 4.69) is 60.4 Å². The average molecular weight is 219 g/mol. The summed E-state index contributed by atoms with van der Waals surface area (Å²) in [5, 5.41) is 2.55. The Balaban J connectivity index is 2.30. The van der Waals surface area contributed by atoms with Crippen LogP contribution in [-0.4, -0.2) is 4.98 Å². The number of hydrogen-bond acceptors (Lipinski definition) is 1. The summed E-state index contributed by atoms with van der Waals surface area (Å²) >= 11 is 0. The van der Waals surface area contributed by atoms with Crippen LogP contribution in [0.3, 0.4) is 0 Å². The van der Waals surface area contributed by atoms with E-state index >= 15 is 0 Å². The van der Waals surface area contributed by atoms with Crippen molar-refractivity contribution >= 4 is 10.8 Å². The van der Waals surface area contributed by atoms with Crippen LogP contribution in [0.25, 0.3) is 21.9 Å². The Kier molecular flexibility index (Phi) is 2.37. The summed E-state index contributed by atoms with van der Waals surface area (Å²) < 4.78 is 0. The highest BCUT2D eigenvalue weighted by atomic mass is 14.6. The van der Waals surface area contributed by atoms with Gasteiger partial charge in [0.2, 0.25) is 0 Å². The summed E-state index contributed by atoms with van der Waals surface area (Å²) in [6, 6.07) is 17.0. The zero-order valence-corrected chi connectivity index (χ0v) is 9.72. The first-order valence-electron chi connectivity index (χ1n) is 5.74. The van der Waals surface area contributed by atoms with Crippen molar-refractivity contribution in [2.75, 3.05) is 0 Å². The molecule has 0 radical (unpaired) electrons. The Morgan fingerprint density at radius 2 is 1.71 bits per heavy atom. The van der Waals surface area contributed by atoms with Gasteiger partial charge in [0.1, 0.15) is 0 Å². The Morgan fingerprint density at radius 3 is 2.59 bits per heavy atom. The Morgan fingerprint density at radius 1 is 0.882 bits per heavy atom. The minimum absolute atomic E-state index is 1.18. The van der Waals surface area contributed by atoms with Gasteiger partial charge in [-0.2, -0.15) is 0 Å². The minimum atomic E-state index is 1.18. The maximum Gasteiger partial charge on any atom is 0.0346 e. The molecule has 1 nitrogen and oxygen atoms in total. The standard InChI is InChI=1S/C16H13N/c1-12-9-14(11-17-10-12)16-8-4-6-13-5-2-3-7-15(13)16/h2-11H,1H3. The number of fused-ring (bicyclic) bond motifs is 1. The molecule has 0 aliphatic rings. The van der Waals surface area contributed by atoms with E-state index in [4.69, 9.17) is 0 Å². The Hall–Kier alpha value is -2.15. The van der Waals surface area contributed by atoms with Crippen molar-refractivity contribution in [3.63, 3.8) is 0 Å². The van der Waals surface area contributed by atoms with Gasteiger partial charge in [0.25, 0.3) is 0 Å². The fourth-order valence-electron chi connectivity index (χ4n) is 2.18. The summed E-state index contributed by atoms with van der Waals surface area (Å²) in [5.74, 6) is 0. The molecule has 0 atom stereocenters. The highest BCUT2D eigenvalue weighted by Crippen LogP contribution is 2.28. The van der Waals surface area contributed by atoms with Crippen LogP contribution in [0.1, 0.15) is 5.56 Å². The maximum atomic E-state index is 4.27. The van der Waals surface area contributed by atoms with Gasteiger partial charge in [0.15, 0.2) is 0 Å². The second-order valence-corrected chi connectivity index (χ2v) is 4.28. The summed E-state index contributed by atoms with van der Waals surface area (Å²) in [4.78, 5) is 4.27. The molecule has 3 rings (SSSR count). The third-order valence-corrected chi connectivity index (χ3v) is 2.98. The second-order valence-electron chi connectivity index (χ2n) is 4.28. The molecule has 82 valence electrons. The van der Waals surface area contributed by atoms with Crippen LogP contribution >= 0.6 is 0 Å². The van der Waals surface area contributed by atoms with Gasteiger partial charge in [0, 0.05) is 18.0 Å². The van der Waals surface area contributed by atoms with E-state index in [9.17, 15) is 0 Å². The molecule has 3 aromatic rings. The molecule has 0 saturated carbocycles. The van der Waals surface area contributed by atoms with Crippen molar-refractivity contribution in [3.05, 3.63) is 66.5 Å². The fraction of sp³-hybridized carbons (Fsp3) is 0.0625. The number of benzene rings is 2. The van der Waals surface area contributed by atoms with Gasteiger partial charge in [-0.25, -0.2) is 0 Å². The molecule has 1 aromatic heterocycles. The molecule has 1 heteroatoms. The SMILES string of the molecule is Cc1cncc(-c2cccc3ccccc23)c1. The van der Waals surface area contributed by atoms with E-state index in [0.29, 0.717) is 0 Å². The van der Waals surface area contributed by atoms with Crippen LogP contribution in [-0.2, 0) is 0 Å². The highest BCUT2D eigenvalue weighted by Gasteiger charge is 2.03. The van der Waals surface area contributed by atoms with E-state index in [-0.39, 0.29) is 0 Å². The van der Waals surface area contributed by atoms with Crippen molar-refractivity contribution in [2.45, 2.75) is 6.92 Å². The van der Waals surface area contributed by atoms with Crippen LogP contribution in [0.4, 0.5) is 0 Å². The van der Waals surface area contributed by atoms with Crippen LogP contribution in [0.5, 0.6) is 0 Å². The molecule has 0 spiro atoms. The van der Waals surface area contributed by atoms with Gasteiger partial charge in [-0.05, 0) is 34.9 Å². The maximum absolute atomic E-state index is 4.27. The number of aryl methyl sites for hydroxylation is 1. The predicted molar refractivity (Wildman–Crippen MR) is 71.9 cm³/mol. The molecule has 0 unspecified atom stereocenters. The lowest BCUT2D eigenvalue weighted by Crippen LogP contribution is -1.84. The van der Waals surface area contributed by atoms with Crippen LogP contribution in [0, 0.1) is 6.92 Å². The lowest BCUT2D eigenvalue weighted by atomic mass is 9.99. The van der Waals surface area contributed by atoms with Gasteiger partial charge < -0.3 is 0 Å². The number of pyridine rings is 1. The average Bonchev–Trinajstić information content (AvgIpc) is 2.38. The molecule has 0 bridgehead atoms. The summed E-state index contributed by atoms with van der Waals surface area (Å²) in [6.07, 6.45) is 3.81. The lowest BCUT2D eigenvalue weighted by molar-refractivity contribution is 1.27. The second kappa shape index (κ2) is 4.02. The molecule has 0 fully saturated rings. The third-order valence-electron chi connectivity index (χ3n) is 2.98. The first-order chi connectivity index (χ1) is 8.34. The van der Waals surface area contributed by atoms with Crippen molar-refractivity contribution in [1.29, 1.82) is 0 Å². The van der Waals surface area contributed by atoms with Gasteiger partial charge >= 0.3 is 0 Å². The van der Waals surface area contributed by atoms with Crippen molar-refractivity contribution < 1.29 is 0 Å². The lowest BCUT2D eigenvalue weighted by Gasteiger charge is -2.06. The normalized spacial score (nSPS) is 10.6. The first kappa shape index (κ1) is 10.0. The van der Waals surface area contributed by atoms with Crippen LogP contribution < -0.4 is 0 Å². The van der Waals surface area contributed by atoms with Crippen molar-refractivity contribution in [3.8, 4) is 11.1 Å². The molecule has 0 amide bonds. The predicted octanol–water partition coefficient (Wildman–Crippen LogP) is 4.21. The fourth-order valence-corrected chi connectivity index (χ4v) is 2.18. The highest BCUT2D eigenvalue weighted by molar-refractivity contribution is 5.96. The first-order valence-corrected chi connectivity index (χ1v) is 5.74. The number of aromatic nitrogens is 1. The topological polar surface area (TPSA) is 12.9 Å². The van der Waals surface area contributed by atoms with Crippen molar-refractivity contribution in [1.82, 2.24) is 4.98 Å². The quantitative estimate of drug-likeness (QED) is 0.597. The van der Waals surface area contributed by atoms with Gasteiger partial charge in [-0.15, -0.1) is 0 Å². The molecule has 0 aliphatic carbocycles. The Bertz CT molecular complexity index is 666. The Labute approximate surface area is 101 Å². The monoisotopic (exact) mass is 219 g/mol. The summed E-state index contributed by atoms with van der Waals surface area (Å²) in [6.45, 7) is 2.07. The number of nitrogens with zero attached hydrogens (tertiary/aromatic N) is 1. The number of rotatable bonds is 1. The molecule has 1 heterocycles. The molecule has 0 aliphatic heterocycles. The minimum Gasteiger partial charge on any atom is -0.264 e. The summed E-state index contributed by atoms with van der Waals surface area (Å²) in [7, 11) is 0. The zero-order chi connectivity index (χ0) is 11.7. The molecule has 0 N–H and O–H groups in total. The van der Waals surface area contributed by atoms with E-state index in [1.807, 2.05) is 12.4 Å². The molecule has 0 saturated heterocycles. The third kappa shape index (κ3) is 1.80. The van der Waals surface area contributed by atoms with Crippen molar-refractivity contribution in [2.24, 2.45) is 0 Å². The van der Waals surface area contributed by atoms with E-state index in [1.165, 1.54) is 27.5 Å². The van der Waals surface area contributed by atoms with Gasteiger partial charge in [-0.1, -0.05) is 42.5 Å². The van der Waals surface area contributed by atoms with E-state index in [1.54, 1.807) is 0 Å².